The Hall–Kier alpha value is -3.38. The van der Waals surface area contributed by atoms with E-state index in [9.17, 15) is 14.7 Å². The topological polar surface area (TPSA) is 66.8 Å². The summed E-state index contributed by atoms with van der Waals surface area (Å²) in [5.41, 5.74) is 3.18. The molecule has 1 aliphatic rings. The maximum Gasteiger partial charge on any atom is 0.300 e. The van der Waals surface area contributed by atoms with Crippen molar-refractivity contribution in [2.45, 2.75) is 26.8 Å². The zero-order valence-corrected chi connectivity index (χ0v) is 18.4. The molecule has 5 nitrogen and oxygen atoms in total. The van der Waals surface area contributed by atoms with Crippen LogP contribution in [0.5, 0.6) is 5.75 Å². The van der Waals surface area contributed by atoms with E-state index in [4.69, 9.17) is 4.74 Å². The van der Waals surface area contributed by atoms with Crippen LogP contribution in [0.3, 0.4) is 0 Å². The molecule has 1 saturated heterocycles. The summed E-state index contributed by atoms with van der Waals surface area (Å²) in [5, 5.41) is 13.0. The Bertz CT molecular complexity index is 1160. The molecule has 1 fully saturated rings. The van der Waals surface area contributed by atoms with Crippen molar-refractivity contribution >= 4 is 34.5 Å². The quantitative estimate of drug-likeness (QED) is 0.333. The number of aliphatic hydroxyl groups is 1. The van der Waals surface area contributed by atoms with Gasteiger partial charge in [0.15, 0.2) is 0 Å². The first kappa shape index (κ1) is 20.9. The molecule has 2 heterocycles. The molecule has 0 aliphatic carbocycles. The highest BCUT2D eigenvalue weighted by Crippen LogP contribution is 2.44. The van der Waals surface area contributed by atoms with Crippen LogP contribution in [0.15, 0.2) is 65.6 Å². The molecule has 0 saturated carbocycles. The number of Topliss-reactive ketones (excluding diaryl/α,β-unsaturated/α-hetero) is 1. The molecule has 0 bridgehead atoms. The van der Waals surface area contributed by atoms with E-state index in [-0.39, 0.29) is 11.3 Å². The highest BCUT2D eigenvalue weighted by Gasteiger charge is 2.47. The molecule has 1 N–H and O–H groups in total. The lowest BCUT2D eigenvalue weighted by Crippen LogP contribution is -2.29. The van der Waals surface area contributed by atoms with Gasteiger partial charge in [-0.2, -0.15) is 0 Å². The van der Waals surface area contributed by atoms with E-state index in [1.807, 2.05) is 56.5 Å². The van der Waals surface area contributed by atoms with Crippen molar-refractivity contribution < 1.29 is 19.4 Å². The summed E-state index contributed by atoms with van der Waals surface area (Å²) in [5.74, 6) is -0.845. The Morgan fingerprint density at radius 1 is 1.06 bits per heavy atom. The molecule has 1 aromatic heterocycles. The standard InChI is InChI=1S/C25H23NO4S/c1-4-30-18-12-10-17(11-13-18)23(27)21-22(20-9-6-14-31-20)26(25(29)24(21)28)19-8-5-7-15(2)16(19)3/h5-14,22,27H,4H2,1-3H3/b23-21-. The average Bonchev–Trinajstić information content (AvgIpc) is 3.38. The number of thiophene rings is 1. The average molecular weight is 434 g/mol. The van der Waals surface area contributed by atoms with Crippen LogP contribution in [0.4, 0.5) is 5.69 Å². The Morgan fingerprint density at radius 3 is 2.45 bits per heavy atom. The first-order chi connectivity index (χ1) is 14.9. The molecule has 1 unspecified atom stereocenters. The van der Waals surface area contributed by atoms with Crippen LogP contribution in [0, 0.1) is 13.8 Å². The third kappa shape index (κ3) is 3.64. The molecule has 0 radical (unpaired) electrons. The van der Waals surface area contributed by atoms with E-state index in [2.05, 4.69) is 0 Å². The van der Waals surface area contributed by atoms with Crippen LogP contribution >= 0.6 is 11.3 Å². The molecule has 0 spiro atoms. The number of amides is 1. The molecular formula is C25H23NO4S. The van der Waals surface area contributed by atoms with Crippen molar-refractivity contribution in [2.75, 3.05) is 11.5 Å². The number of carbonyl (C=O) groups is 2. The van der Waals surface area contributed by atoms with Crippen LogP contribution in [0.2, 0.25) is 0 Å². The van der Waals surface area contributed by atoms with Gasteiger partial charge in [-0.25, -0.2) is 0 Å². The van der Waals surface area contributed by atoms with Crippen molar-refractivity contribution in [3.8, 4) is 5.75 Å². The van der Waals surface area contributed by atoms with Gasteiger partial charge in [-0.15, -0.1) is 11.3 Å². The van der Waals surface area contributed by atoms with Crippen molar-refractivity contribution in [3.05, 3.63) is 87.1 Å². The number of ketones is 1. The SMILES string of the molecule is CCOc1ccc(/C(O)=C2/C(=O)C(=O)N(c3cccc(C)c3C)C2c2cccs2)cc1. The molecule has 6 heteroatoms. The Labute approximate surface area is 185 Å². The van der Waals surface area contributed by atoms with Gasteiger partial charge in [0.2, 0.25) is 0 Å². The number of rotatable bonds is 5. The summed E-state index contributed by atoms with van der Waals surface area (Å²) >= 11 is 1.45. The van der Waals surface area contributed by atoms with E-state index in [1.54, 1.807) is 24.3 Å². The highest BCUT2D eigenvalue weighted by molar-refractivity contribution is 7.10. The number of hydrogen-bond donors (Lipinski definition) is 1. The number of benzene rings is 2. The predicted molar refractivity (Wildman–Crippen MR) is 123 cm³/mol. The monoisotopic (exact) mass is 433 g/mol. The molecule has 3 aromatic rings. The first-order valence-electron chi connectivity index (χ1n) is 10.1. The second-order valence-corrected chi connectivity index (χ2v) is 8.34. The van der Waals surface area contributed by atoms with Gasteiger partial charge < -0.3 is 9.84 Å². The molecular weight excluding hydrogens is 410 g/mol. The fraction of sp³-hybridized carbons (Fsp3) is 0.200. The van der Waals surface area contributed by atoms with E-state index in [0.717, 1.165) is 16.0 Å². The molecule has 1 aliphatic heterocycles. The van der Waals surface area contributed by atoms with Gasteiger partial charge in [-0.3, -0.25) is 14.5 Å². The Balaban J connectivity index is 1.89. The number of aliphatic hydroxyl groups excluding tert-OH is 1. The first-order valence-corrected chi connectivity index (χ1v) is 11.0. The number of aryl methyl sites for hydroxylation is 1. The van der Waals surface area contributed by atoms with Crippen molar-refractivity contribution in [1.29, 1.82) is 0 Å². The van der Waals surface area contributed by atoms with Crippen LogP contribution in [0.25, 0.3) is 5.76 Å². The van der Waals surface area contributed by atoms with E-state index >= 15 is 0 Å². The molecule has 158 valence electrons. The van der Waals surface area contributed by atoms with Crippen molar-refractivity contribution in [2.24, 2.45) is 0 Å². The summed E-state index contributed by atoms with van der Waals surface area (Å²) in [6, 6.07) is 15.6. The van der Waals surface area contributed by atoms with Crippen LogP contribution in [0.1, 0.15) is 34.5 Å². The van der Waals surface area contributed by atoms with Gasteiger partial charge in [0.05, 0.1) is 12.2 Å². The van der Waals surface area contributed by atoms with E-state index in [1.165, 1.54) is 16.2 Å². The fourth-order valence-electron chi connectivity index (χ4n) is 3.82. The second-order valence-electron chi connectivity index (χ2n) is 7.36. The molecule has 1 atom stereocenters. The van der Waals surface area contributed by atoms with E-state index < -0.39 is 17.7 Å². The van der Waals surface area contributed by atoms with Gasteiger partial charge in [-0.05, 0) is 73.7 Å². The lowest BCUT2D eigenvalue weighted by molar-refractivity contribution is -0.132. The van der Waals surface area contributed by atoms with Gasteiger partial charge in [0, 0.05) is 16.1 Å². The number of hydrogen-bond acceptors (Lipinski definition) is 5. The zero-order chi connectivity index (χ0) is 22.1. The van der Waals surface area contributed by atoms with Crippen LogP contribution in [-0.4, -0.2) is 23.4 Å². The van der Waals surface area contributed by atoms with Gasteiger partial charge in [0.25, 0.3) is 11.7 Å². The minimum atomic E-state index is -0.689. The summed E-state index contributed by atoms with van der Waals surface area (Å²) in [7, 11) is 0. The Morgan fingerprint density at radius 2 is 1.81 bits per heavy atom. The summed E-state index contributed by atoms with van der Waals surface area (Å²) in [6.45, 7) is 6.33. The lowest BCUT2D eigenvalue weighted by Gasteiger charge is -2.26. The Kier molecular flexibility index (Phi) is 5.65. The van der Waals surface area contributed by atoms with Gasteiger partial charge in [0.1, 0.15) is 17.6 Å². The third-order valence-corrected chi connectivity index (χ3v) is 6.46. The summed E-state index contributed by atoms with van der Waals surface area (Å²) in [4.78, 5) is 28.6. The fourth-order valence-corrected chi connectivity index (χ4v) is 4.65. The maximum absolute atomic E-state index is 13.2. The van der Waals surface area contributed by atoms with E-state index in [0.29, 0.717) is 23.6 Å². The molecule has 31 heavy (non-hydrogen) atoms. The second kappa shape index (κ2) is 8.40. The minimum Gasteiger partial charge on any atom is -0.507 e. The lowest BCUT2D eigenvalue weighted by atomic mass is 9.99. The number of carbonyl (C=O) groups excluding carboxylic acids is 2. The normalized spacial score (nSPS) is 17.9. The maximum atomic E-state index is 13.2. The summed E-state index contributed by atoms with van der Waals surface area (Å²) in [6.07, 6.45) is 0. The largest absolute Gasteiger partial charge is 0.507 e. The smallest absolute Gasteiger partial charge is 0.300 e. The minimum absolute atomic E-state index is 0.0949. The number of ether oxygens (including phenoxy) is 1. The molecule has 1 amide bonds. The number of anilines is 1. The van der Waals surface area contributed by atoms with Crippen LogP contribution < -0.4 is 9.64 Å². The molecule has 4 rings (SSSR count). The zero-order valence-electron chi connectivity index (χ0n) is 17.6. The summed E-state index contributed by atoms with van der Waals surface area (Å²) < 4.78 is 5.46. The van der Waals surface area contributed by atoms with Crippen molar-refractivity contribution in [1.82, 2.24) is 0 Å². The predicted octanol–water partition coefficient (Wildman–Crippen LogP) is 5.39. The van der Waals surface area contributed by atoms with Gasteiger partial charge in [-0.1, -0.05) is 18.2 Å². The van der Waals surface area contributed by atoms with Crippen LogP contribution in [-0.2, 0) is 9.59 Å². The van der Waals surface area contributed by atoms with Crippen molar-refractivity contribution in [3.63, 3.8) is 0 Å². The highest BCUT2D eigenvalue weighted by atomic mass is 32.1. The number of nitrogens with zero attached hydrogens (tertiary/aromatic N) is 1. The van der Waals surface area contributed by atoms with Gasteiger partial charge >= 0.3 is 0 Å². The molecule has 2 aromatic carbocycles. The third-order valence-electron chi connectivity index (χ3n) is 5.53.